The van der Waals surface area contributed by atoms with Gasteiger partial charge in [0.15, 0.2) is 0 Å². The zero-order chi connectivity index (χ0) is 16.0. The Morgan fingerprint density at radius 1 is 1.09 bits per heavy atom. The minimum Gasteiger partial charge on any atom is -0.499 e. The molecule has 3 nitrogen and oxygen atoms in total. The van der Waals surface area contributed by atoms with Gasteiger partial charge in [-0.15, -0.1) is 0 Å². The molecule has 0 saturated heterocycles. The summed E-state index contributed by atoms with van der Waals surface area (Å²) in [5, 5.41) is 10.6. The van der Waals surface area contributed by atoms with Gasteiger partial charge in [0.05, 0.1) is 19.0 Å². The van der Waals surface area contributed by atoms with Crippen LogP contribution in [-0.2, 0) is 9.47 Å². The molecule has 0 amide bonds. The molecule has 0 spiro atoms. The molecule has 0 aromatic heterocycles. The lowest BCUT2D eigenvalue weighted by Gasteiger charge is -2.20. The number of unbranched alkanes of at least 4 members (excludes halogenated alkanes) is 3. The summed E-state index contributed by atoms with van der Waals surface area (Å²) >= 11 is 0. The monoisotopic (exact) mass is 306 g/mol. The van der Waals surface area contributed by atoms with E-state index in [0.717, 1.165) is 18.4 Å². The van der Waals surface area contributed by atoms with Crippen LogP contribution >= 0.6 is 0 Å². The number of benzene rings is 1. The predicted octanol–water partition coefficient (Wildman–Crippen LogP) is 4.48. The fourth-order valence-electron chi connectivity index (χ4n) is 2.42. The zero-order valence-electron chi connectivity index (χ0n) is 13.9. The van der Waals surface area contributed by atoms with E-state index in [9.17, 15) is 5.11 Å². The minimum atomic E-state index is -0.481. The molecular formula is C19H30O3. The largest absolute Gasteiger partial charge is 0.499 e. The lowest BCUT2D eigenvalue weighted by molar-refractivity contribution is 0.112. The van der Waals surface area contributed by atoms with Crippen LogP contribution in [0.15, 0.2) is 42.7 Å². The molecule has 0 aliphatic carbocycles. The Balaban J connectivity index is 2.56. The number of methoxy groups -OCH3 is 1. The van der Waals surface area contributed by atoms with Crippen LogP contribution in [0, 0.1) is 5.92 Å². The average Bonchev–Trinajstić information content (AvgIpc) is 2.56. The van der Waals surface area contributed by atoms with Gasteiger partial charge in [0.1, 0.15) is 6.61 Å². The number of rotatable bonds is 12. The molecular weight excluding hydrogens is 276 g/mol. The first kappa shape index (κ1) is 18.7. The Kier molecular flexibility index (Phi) is 10.4. The standard InChI is InChI=1S/C19H30O3/c1-3-4-5-7-12-18(13-14-22-16-15-21-2)19(20)17-10-8-6-9-11-17/h6,8-11,13-14,18-20H,3-5,7,12,15-16H2,1-2H3/b14-13-/t18-,19+/m1/s1. The fraction of sp³-hybridized carbons (Fsp3) is 0.579. The normalized spacial score (nSPS) is 14.1. The second-order valence-corrected chi connectivity index (χ2v) is 5.56. The summed E-state index contributed by atoms with van der Waals surface area (Å²) in [7, 11) is 1.66. The van der Waals surface area contributed by atoms with Gasteiger partial charge in [-0.3, -0.25) is 0 Å². The van der Waals surface area contributed by atoms with Gasteiger partial charge < -0.3 is 14.6 Å². The van der Waals surface area contributed by atoms with E-state index in [0.29, 0.717) is 13.2 Å². The fourth-order valence-corrected chi connectivity index (χ4v) is 2.42. The van der Waals surface area contributed by atoms with Crippen LogP contribution in [0.3, 0.4) is 0 Å². The van der Waals surface area contributed by atoms with Crippen molar-refractivity contribution in [2.45, 2.75) is 45.1 Å². The van der Waals surface area contributed by atoms with Crippen LogP contribution < -0.4 is 0 Å². The molecule has 1 rings (SSSR count). The van der Waals surface area contributed by atoms with Crippen LogP contribution in [0.5, 0.6) is 0 Å². The maximum absolute atomic E-state index is 10.6. The highest BCUT2D eigenvalue weighted by atomic mass is 16.5. The second kappa shape index (κ2) is 12.2. The maximum Gasteiger partial charge on any atom is 0.111 e. The van der Waals surface area contributed by atoms with E-state index in [4.69, 9.17) is 9.47 Å². The van der Waals surface area contributed by atoms with Crippen molar-refractivity contribution in [2.75, 3.05) is 20.3 Å². The topological polar surface area (TPSA) is 38.7 Å². The molecule has 0 saturated carbocycles. The first-order chi connectivity index (χ1) is 10.8. The third-order valence-electron chi connectivity index (χ3n) is 3.76. The number of aliphatic hydroxyl groups excluding tert-OH is 1. The molecule has 0 unspecified atom stereocenters. The SMILES string of the molecule is CCCCCC[C@H](/C=C\OCCOC)[C@@H](O)c1ccccc1. The van der Waals surface area contributed by atoms with Gasteiger partial charge in [-0.05, 0) is 18.1 Å². The highest BCUT2D eigenvalue weighted by molar-refractivity contribution is 5.19. The van der Waals surface area contributed by atoms with Crippen molar-refractivity contribution >= 4 is 0 Å². The third kappa shape index (κ3) is 7.62. The molecule has 0 heterocycles. The molecule has 3 heteroatoms. The summed E-state index contributed by atoms with van der Waals surface area (Å²) in [5.41, 5.74) is 0.963. The Hall–Kier alpha value is -1.32. The molecule has 22 heavy (non-hydrogen) atoms. The van der Waals surface area contributed by atoms with E-state index in [1.807, 2.05) is 36.4 Å². The predicted molar refractivity (Wildman–Crippen MR) is 90.6 cm³/mol. The van der Waals surface area contributed by atoms with Gasteiger partial charge in [-0.1, -0.05) is 62.9 Å². The van der Waals surface area contributed by atoms with E-state index in [1.54, 1.807) is 13.4 Å². The Labute approximate surface area is 135 Å². The molecule has 0 bridgehead atoms. The van der Waals surface area contributed by atoms with E-state index in [2.05, 4.69) is 6.92 Å². The first-order valence-electron chi connectivity index (χ1n) is 8.29. The summed E-state index contributed by atoms with van der Waals surface area (Å²) in [6.07, 6.45) is 9.00. The number of hydrogen-bond acceptors (Lipinski definition) is 3. The summed E-state index contributed by atoms with van der Waals surface area (Å²) in [6, 6.07) is 9.85. The van der Waals surface area contributed by atoms with Gasteiger partial charge in [-0.25, -0.2) is 0 Å². The van der Waals surface area contributed by atoms with Crippen molar-refractivity contribution in [3.63, 3.8) is 0 Å². The van der Waals surface area contributed by atoms with Gasteiger partial charge in [0, 0.05) is 13.0 Å². The van der Waals surface area contributed by atoms with Gasteiger partial charge in [-0.2, -0.15) is 0 Å². The lowest BCUT2D eigenvalue weighted by Crippen LogP contribution is -2.11. The summed E-state index contributed by atoms with van der Waals surface area (Å²) < 4.78 is 10.4. The lowest BCUT2D eigenvalue weighted by atomic mass is 9.90. The highest BCUT2D eigenvalue weighted by Crippen LogP contribution is 2.27. The molecule has 1 aromatic rings. The number of aliphatic hydroxyl groups is 1. The van der Waals surface area contributed by atoms with Crippen LogP contribution in [0.2, 0.25) is 0 Å². The first-order valence-corrected chi connectivity index (χ1v) is 8.29. The molecule has 1 N–H and O–H groups in total. The summed E-state index contributed by atoms with van der Waals surface area (Å²) in [6.45, 7) is 3.32. The van der Waals surface area contributed by atoms with Crippen LogP contribution in [-0.4, -0.2) is 25.4 Å². The van der Waals surface area contributed by atoms with Crippen molar-refractivity contribution in [1.29, 1.82) is 0 Å². The highest BCUT2D eigenvalue weighted by Gasteiger charge is 2.18. The Morgan fingerprint density at radius 2 is 1.86 bits per heavy atom. The van der Waals surface area contributed by atoms with Crippen molar-refractivity contribution in [3.05, 3.63) is 48.2 Å². The second-order valence-electron chi connectivity index (χ2n) is 5.56. The van der Waals surface area contributed by atoms with Crippen molar-refractivity contribution < 1.29 is 14.6 Å². The van der Waals surface area contributed by atoms with E-state index in [-0.39, 0.29) is 5.92 Å². The quantitative estimate of drug-likeness (QED) is 0.457. The average molecular weight is 306 g/mol. The van der Waals surface area contributed by atoms with Crippen molar-refractivity contribution in [1.82, 2.24) is 0 Å². The summed E-state index contributed by atoms with van der Waals surface area (Å²) in [4.78, 5) is 0. The van der Waals surface area contributed by atoms with Gasteiger partial charge in [0.2, 0.25) is 0 Å². The van der Waals surface area contributed by atoms with Crippen molar-refractivity contribution in [2.24, 2.45) is 5.92 Å². The van der Waals surface area contributed by atoms with E-state index < -0.39 is 6.10 Å². The van der Waals surface area contributed by atoms with E-state index >= 15 is 0 Å². The number of hydrogen-bond donors (Lipinski definition) is 1. The number of ether oxygens (including phenoxy) is 2. The smallest absolute Gasteiger partial charge is 0.111 e. The van der Waals surface area contributed by atoms with Crippen molar-refractivity contribution in [3.8, 4) is 0 Å². The minimum absolute atomic E-state index is 0.0850. The Morgan fingerprint density at radius 3 is 2.55 bits per heavy atom. The molecule has 124 valence electrons. The Bertz CT molecular complexity index is 389. The van der Waals surface area contributed by atoms with Gasteiger partial charge >= 0.3 is 0 Å². The van der Waals surface area contributed by atoms with E-state index in [1.165, 1.54) is 19.3 Å². The van der Waals surface area contributed by atoms with Crippen LogP contribution in [0.4, 0.5) is 0 Å². The molecule has 1 aromatic carbocycles. The van der Waals surface area contributed by atoms with Crippen LogP contribution in [0.25, 0.3) is 0 Å². The molecule has 0 aliphatic rings. The molecule has 2 atom stereocenters. The maximum atomic E-state index is 10.6. The molecule has 0 aliphatic heterocycles. The zero-order valence-corrected chi connectivity index (χ0v) is 13.9. The molecule has 0 radical (unpaired) electrons. The summed E-state index contributed by atoms with van der Waals surface area (Å²) in [5.74, 6) is 0.0850. The van der Waals surface area contributed by atoms with Gasteiger partial charge in [0.25, 0.3) is 0 Å². The third-order valence-corrected chi connectivity index (χ3v) is 3.76. The molecule has 0 fully saturated rings. The van der Waals surface area contributed by atoms with Crippen LogP contribution in [0.1, 0.15) is 50.7 Å².